The molecule has 1 amide bonds. The van der Waals surface area contributed by atoms with Crippen LogP contribution < -0.4 is 4.90 Å². The Morgan fingerprint density at radius 1 is 0.828 bits per heavy atom. The summed E-state index contributed by atoms with van der Waals surface area (Å²) in [6.07, 6.45) is 1.53. The Hall–Kier alpha value is -3.67. The predicted octanol–water partition coefficient (Wildman–Crippen LogP) is 3.85. The van der Waals surface area contributed by atoms with Gasteiger partial charge in [0, 0.05) is 37.1 Å². The Labute approximate surface area is 168 Å². The van der Waals surface area contributed by atoms with E-state index in [-0.39, 0.29) is 5.91 Å². The maximum atomic E-state index is 12.5. The third-order valence-electron chi connectivity index (χ3n) is 5.21. The van der Waals surface area contributed by atoms with Crippen LogP contribution in [-0.4, -0.2) is 47.0 Å². The van der Waals surface area contributed by atoms with Gasteiger partial charge in [-0.25, -0.2) is 9.97 Å². The minimum absolute atomic E-state index is 0.0628. The molecule has 4 aromatic rings. The molecule has 0 bridgehead atoms. The van der Waals surface area contributed by atoms with E-state index in [1.807, 2.05) is 53.4 Å². The van der Waals surface area contributed by atoms with Gasteiger partial charge in [-0.05, 0) is 24.3 Å². The highest BCUT2D eigenvalue weighted by Crippen LogP contribution is 2.28. The van der Waals surface area contributed by atoms with Crippen molar-refractivity contribution in [1.82, 2.24) is 14.9 Å². The molecule has 1 aliphatic rings. The molecule has 144 valence electrons. The SMILES string of the molecule is O=C(c1ccco1)N1CCN(c2nc(-c3ccccc3)nc3ccccc23)CC1. The third-order valence-corrected chi connectivity index (χ3v) is 5.21. The van der Waals surface area contributed by atoms with E-state index in [1.54, 1.807) is 12.1 Å². The van der Waals surface area contributed by atoms with Gasteiger partial charge in [0.2, 0.25) is 0 Å². The number of carbonyl (C=O) groups is 1. The van der Waals surface area contributed by atoms with Crippen molar-refractivity contribution in [2.24, 2.45) is 0 Å². The number of hydrogen-bond acceptors (Lipinski definition) is 5. The number of hydrogen-bond donors (Lipinski definition) is 0. The normalized spacial score (nSPS) is 14.3. The van der Waals surface area contributed by atoms with Crippen LogP contribution in [-0.2, 0) is 0 Å². The molecule has 1 fully saturated rings. The number of nitrogens with zero attached hydrogens (tertiary/aromatic N) is 4. The van der Waals surface area contributed by atoms with E-state index in [4.69, 9.17) is 14.4 Å². The van der Waals surface area contributed by atoms with Crippen molar-refractivity contribution in [1.29, 1.82) is 0 Å². The molecule has 0 saturated carbocycles. The monoisotopic (exact) mass is 384 g/mol. The van der Waals surface area contributed by atoms with Gasteiger partial charge in [-0.15, -0.1) is 0 Å². The Morgan fingerprint density at radius 2 is 1.59 bits per heavy atom. The van der Waals surface area contributed by atoms with Crippen molar-refractivity contribution < 1.29 is 9.21 Å². The molecule has 0 unspecified atom stereocenters. The summed E-state index contributed by atoms with van der Waals surface area (Å²) in [7, 11) is 0. The number of rotatable bonds is 3. The van der Waals surface area contributed by atoms with E-state index in [9.17, 15) is 4.79 Å². The van der Waals surface area contributed by atoms with Crippen molar-refractivity contribution in [2.75, 3.05) is 31.1 Å². The zero-order valence-corrected chi connectivity index (χ0v) is 15.9. The second-order valence-electron chi connectivity index (χ2n) is 7.01. The van der Waals surface area contributed by atoms with Crippen LogP contribution in [0.4, 0.5) is 5.82 Å². The number of amides is 1. The van der Waals surface area contributed by atoms with Gasteiger partial charge in [-0.3, -0.25) is 4.79 Å². The maximum Gasteiger partial charge on any atom is 0.289 e. The van der Waals surface area contributed by atoms with Crippen molar-refractivity contribution in [3.8, 4) is 11.4 Å². The van der Waals surface area contributed by atoms with Gasteiger partial charge in [0.25, 0.3) is 5.91 Å². The average Bonchev–Trinajstić information content (AvgIpc) is 3.34. The zero-order valence-electron chi connectivity index (χ0n) is 15.9. The number of fused-ring (bicyclic) bond motifs is 1. The van der Waals surface area contributed by atoms with Crippen LogP contribution in [0.15, 0.2) is 77.4 Å². The number of benzene rings is 2. The lowest BCUT2D eigenvalue weighted by atomic mass is 10.1. The predicted molar refractivity (Wildman–Crippen MR) is 112 cm³/mol. The van der Waals surface area contributed by atoms with Crippen molar-refractivity contribution >= 4 is 22.6 Å². The van der Waals surface area contributed by atoms with Crippen LogP contribution in [0.2, 0.25) is 0 Å². The smallest absolute Gasteiger partial charge is 0.289 e. The molecule has 3 heterocycles. The Balaban J connectivity index is 1.45. The van der Waals surface area contributed by atoms with Crippen LogP contribution in [0, 0.1) is 0 Å². The summed E-state index contributed by atoms with van der Waals surface area (Å²) in [6, 6.07) is 21.5. The van der Waals surface area contributed by atoms with Gasteiger partial charge in [0.05, 0.1) is 11.8 Å². The van der Waals surface area contributed by atoms with E-state index in [0.717, 1.165) is 22.3 Å². The van der Waals surface area contributed by atoms with Crippen LogP contribution in [0.3, 0.4) is 0 Å². The molecular formula is C23H20N4O2. The fourth-order valence-corrected chi connectivity index (χ4v) is 3.69. The lowest BCUT2D eigenvalue weighted by Crippen LogP contribution is -2.49. The first-order valence-electron chi connectivity index (χ1n) is 9.69. The van der Waals surface area contributed by atoms with E-state index in [1.165, 1.54) is 6.26 Å². The van der Waals surface area contributed by atoms with Gasteiger partial charge in [0.1, 0.15) is 5.82 Å². The molecule has 6 nitrogen and oxygen atoms in total. The van der Waals surface area contributed by atoms with Gasteiger partial charge >= 0.3 is 0 Å². The molecular weight excluding hydrogens is 364 g/mol. The molecule has 29 heavy (non-hydrogen) atoms. The van der Waals surface area contributed by atoms with Gasteiger partial charge < -0.3 is 14.2 Å². The first-order chi connectivity index (χ1) is 14.3. The molecule has 2 aromatic carbocycles. The minimum atomic E-state index is -0.0628. The number of carbonyl (C=O) groups excluding carboxylic acids is 1. The average molecular weight is 384 g/mol. The van der Waals surface area contributed by atoms with E-state index in [2.05, 4.69) is 11.0 Å². The standard InChI is InChI=1S/C23H20N4O2/c28-23(20-11-6-16-29-20)27-14-12-26(13-15-27)22-18-9-4-5-10-19(18)24-21(25-22)17-7-2-1-3-8-17/h1-11,16H,12-15H2. The highest BCUT2D eigenvalue weighted by Gasteiger charge is 2.25. The fourth-order valence-electron chi connectivity index (χ4n) is 3.69. The van der Waals surface area contributed by atoms with E-state index in [0.29, 0.717) is 37.8 Å². The maximum absolute atomic E-state index is 12.5. The van der Waals surface area contributed by atoms with E-state index >= 15 is 0 Å². The number of furan rings is 1. The molecule has 0 atom stereocenters. The number of para-hydroxylation sites is 1. The summed E-state index contributed by atoms with van der Waals surface area (Å²) in [4.78, 5) is 26.3. The van der Waals surface area contributed by atoms with E-state index < -0.39 is 0 Å². The molecule has 1 saturated heterocycles. The summed E-state index contributed by atoms with van der Waals surface area (Å²) >= 11 is 0. The lowest BCUT2D eigenvalue weighted by molar-refractivity contribution is 0.0714. The zero-order chi connectivity index (χ0) is 19.6. The summed E-state index contributed by atoms with van der Waals surface area (Å²) in [5.41, 5.74) is 1.91. The summed E-state index contributed by atoms with van der Waals surface area (Å²) in [5, 5.41) is 1.03. The first kappa shape index (κ1) is 17.4. The van der Waals surface area contributed by atoms with Crippen LogP contribution >= 0.6 is 0 Å². The number of piperazine rings is 1. The first-order valence-corrected chi connectivity index (χ1v) is 9.69. The number of aromatic nitrogens is 2. The number of anilines is 1. The third kappa shape index (κ3) is 3.33. The quantitative estimate of drug-likeness (QED) is 0.537. The highest BCUT2D eigenvalue weighted by atomic mass is 16.3. The van der Waals surface area contributed by atoms with Crippen molar-refractivity contribution in [3.05, 3.63) is 78.8 Å². The molecule has 0 N–H and O–H groups in total. The van der Waals surface area contributed by atoms with Crippen LogP contribution in [0.1, 0.15) is 10.6 Å². The second-order valence-corrected chi connectivity index (χ2v) is 7.01. The Morgan fingerprint density at radius 3 is 2.34 bits per heavy atom. The van der Waals surface area contributed by atoms with Crippen LogP contribution in [0.25, 0.3) is 22.3 Å². The summed E-state index contributed by atoms with van der Waals surface area (Å²) < 4.78 is 5.26. The van der Waals surface area contributed by atoms with Crippen molar-refractivity contribution in [3.63, 3.8) is 0 Å². The molecule has 1 aliphatic heterocycles. The van der Waals surface area contributed by atoms with Crippen LogP contribution in [0.5, 0.6) is 0 Å². The van der Waals surface area contributed by atoms with Gasteiger partial charge in [-0.1, -0.05) is 42.5 Å². The molecule has 0 radical (unpaired) electrons. The summed E-state index contributed by atoms with van der Waals surface area (Å²) in [6.45, 7) is 2.67. The fraction of sp³-hybridized carbons (Fsp3) is 0.174. The largest absolute Gasteiger partial charge is 0.459 e. The molecule has 0 aliphatic carbocycles. The summed E-state index contributed by atoms with van der Waals surface area (Å²) in [5.74, 6) is 1.96. The van der Waals surface area contributed by atoms with Gasteiger partial charge in [0.15, 0.2) is 11.6 Å². The highest BCUT2D eigenvalue weighted by molar-refractivity contribution is 5.93. The second kappa shape index (κ2) is 7.39. The molecule has 6 heteroatoms. The minimum Gasteiger partial charge on any atom is -0.459 e. The Bertz CT molecular complexity index is 1130. The molecule has 2 aromatic heterocycles. The Kier molecular flexibility index (Phi) is 4.44. The lowest BCUT2D eigenvalue weighted by Gasteiger charge is -2.35. The van der Waals surface area contributed by atoms with Gasteiger partial charge in [-0.2, -0.15) is 0 Å². The molecule has 0 spiro atoms. The van der Waals surface area contributed by atoms with Crippen molar-refractivity contribution in [2.45, 2.75) is 0 Å². The molecule has 5 rings (SSSR count). The topological polar surface area (TPSA) is 62.5 Å².